The first kappa shape index (κ1) is 13.6. The third-order valence-electron chi connectivity index (χ3n) is 2.21. The van der Waals surface area contributed by atoms with E-state index in [-0.39, 0.29) is 10.4 Å². The van der Waals surface area contributed by atoms with Crippen LogP contribution in [0.5, 0.6) is 0 Å². The minimum atomic E-state index is -0.416. The van der Waals surface area contributed by atoms with Gasteiger partial charge in [-0.2, -0.15) is 0 Å². The van der Waals surface area contributed by atoms with Gasteiger partial charge in [-0.3, -0.25) is 4.79 Å². The third kappa shape index (κ3) is 3.04. The fourth-order valence-corrected chi connectivity index (χ4v) is 2.21. The average molecular weight is 353 g/mol. The molecule has 0 radical (unpaired) electrons. The quantitative estimate of drug-likeness (QED) is 0.760. The van der Waals surface area contributed by atoms with Crippen molar-refractivity contribution in [2.45, 2.75) is 6.92 Å². The van der Waals surface area contributed by atoms with Gasteiger partial charge in [0.15, 0.2) is 0 Å². The van der Waals surface area contributed by atoms with Crippen LogP contribution in [0.3, 0.4) is 0 Å². The molecule has 0 aliphatic carbocycles. The first-order chi connectivity index (χ1) is 7.61. The van der Waals surface area contributed by atoms with Crippen molar-refractivity contribution >= 4 is 37.8 Å². The fraction of sp³-hybridized carbons (Fsp3) is 0.364. The zero-order chi connectivity index (χ0) is 12.1. The lowest BCUT2D eigenvalue weighted by atomic mass is 10.2. The lowest BCUT2D eigenvalue weighted by Gasteiger charge is -2.20. The lowest BCUT2D eigenvalue weighted by molar-refractivity contribution is 0.0773. The topological polar surface area (TPSA) is 20.3 Å². The number of carbonyl (C=O) groups is 1. The minimum absolute atomic E-state index is 0.159. The van der Waals surface area contributed by atoms with Crippen LogP contribution in [0.2, 0.25) is 0 Å². The van der Waals surface area contributed by atoms with Gasteiger partial charge in [0.1, 0.15) is 5.82 Å². The van der Waals surface area contributed by atoms with E-state index < -0.39 is 5.82 Å². The molecule has 0 aliphatic heterocycles. The van der Waals surface area contributed by atoms with Gasteiger partial charge >= 0.3 is 0 Å². The van der Waals surface area contributed by atoms with E-state index >= 15 is 0 Å². The Balaban J connectivity index is 2.99. The van der Waals surface area contributed by atoms with Crippen molar-refractivity contribution in [1.82, 2.24) is 4.90 Å². The normalized spacial score (nSPS) is 10.2. The highest BCUT2D eigenvalue weighted by molar-refractivity contribution is 9.10. The second kappa shape index (κ2) is 6.35. The van der Waals surface area contributed by atoms with Gasteiger partial charge in [0.05, 0.1) is 10.0 Å². The maximum absolute atomic E-state index is 13.3. The molecule has 1 rings (SSSR count). The van der Waals surface area contributed by atoms with Gasteiger partial charge in [0, 0.05) is 18.4 Å². The summed E-state index contributed by atoms with van der Waals surface area (Å²) >= 11 is 6.38. The van der Waals surface area contributed by atoms with E-state index in [9.17, 15) is 9.18 Å². The predicted molar refractivity (Wildman–Crippen MR) is 69.5 cm³/mol. The van der Waals surface area contributed by atoms with Crippen LogP contribution in [0, 0.1) is 5.82 Å². The molecule has 0 atom stereocenters. The van der Waals surface area contributed by atoms with Crippen LogP contribution < -0.4 is 0 Å². The number of hydrogen-bond donors (Lipinski definition) is 0. The summed E-state index contributed by atoms with van der Waals surface area (Å²) in [6.45, 7) is 3.11. The molecule has 88 valence electrons. The predicted octanol–water partition coefficient (Wildman–Crippen LogP) is 3.45. The Labute approximate surface area is 111 Å². The molecule has 0 fully saturated rings. The summed E-state index contributed by atoms with van der Waals surface area (Å²) in [5, 5.41) is 0.708. The number of benzene rings is 1. The van der Waals surface area contributed by atoms with Gasteiger partial charge in [-0.05, 0) is 35.0 Å². The minimum Gasteiger partial charge on any atom is -0.338 e. The Hall–Kier alpha value is -0.420. The van der Waals surface area contributed by atoms with Crippen LogP contribution in [0.15, 0.2) is 22.7 Å². The van der Waals surface area contributed by atoms with Gasteiger partial charge in [0.25, 0.3) is 5.91 Å². The molecule has 0 aromatic heterocycles. The van der Waals surface area contributed by atoms with Crippen molar-refractivity contribution in [3.8, 4) is 0 Å². The van der Waals surface area contributed by atoms with Crippen LogP contribution in [-0.2, 0) is 0 Å². The van der Waals surface area contributed by atoms with E-state index in [0.29, 0.717) is 24.0 Å². The highest BCUT2D eigenvalue weighted by atomic mass is 79.9. The molecule has 0 unspecified atom stereocenters. The summed E-state index contributed by atoms with van der Waals surface area (Å²) < 4.78 is 13.5. The first-order valence-corrected chi connectivity index (χ1v) is 6.82. The number of carbonyl (C=O) groups excluding carboxylic acids is 1. The molecule has 1 amide bonds. The van der Waals surface area contributed by atoms with Crippen LogP contribution in [0.25, 0.3) is 0 Å². The molecule has 2 nitrogen and oxygen atoms in total. The Morgan fingerprint density at radius 1 is 1.50 bits per heavy atom. The number of halogens is 3. The highest BCUT2D eigenvalue weighted by Gasteiger charge is 2.17. The number of nitrogens with zero attached hydrogens (tertiary/aromatic N) is 1. The van der Waals surface area contributed by atoms with Gasteiger partial charge < -0.3 is 4.90 Å². The standard InChI is InChI=1S/C11H12Br2FNO/c1-2-15(7-6-12)11(16)8-4-3-5-9(14)10(8)13/h3-5H,2,6-7H2,1H3. The summed E-state index contributed by atoms with van der Waals surface area (Å²) in [6, 6.07) is 4.48. The molecule has 0 spiro atoms. The van der Waals surface area contributed by atoms with E-state index in [4.69, 9.17) is 0 Å². The Bertz CT molecular complexity index is 384. The van der Waals surface area contributed by atoms with Crippen molar-refractivity contribution < 1.29 is 9.18 Å². The second-order valence-electron chi connectivity index (χ2n) is 3.18. The third-order valence-corrected chi connectivity index (χ3v) is 3.37. The van der Waals surface area contributed by atoms with Crippen molar-refractivity contribution in [3.05, 3.63) is 34.1 Å². The molecule has 0 aliphatic rings. The first-order valence-electron chi connectivity index (χ1n) is 4.91. The van der Waals surface area contributed by atoms with Crippen LogP contribution in [0.4, 0.5) is 4.39 Å². The maximum Gasteiger partial charge on any atom is 0.255 e. The summed E-state index contributed by atoms with van der Waals surface area (Å²) in [5.74, 6) is -0.575. The summed E-state index contributed by atoms with van der Waals surface area (Å²) in [5.41, 5.74) is 0.364. The Kier molecular flexibility index (Phi) is 5.41. The van der Waals surface area contributed by atoms with Crippen LogP contribution >= 0.6 is 31.9 Å². The number of hydrogen-bond acceptors (Lipinski definition) is 1. The number of rotatable bonds is 4. The highest BCUT2D eigenvalue weighted by Crippen LogP contribution is 2.21. The molecular weight excluding hydrogens is 341 g/mol. The van der Waals surface area contributed by atoms with E-state index in [2.05, 4.69) is 31.9 Å². The molecule has 0 heterocycles. The van der Waals surface area contributed by atoms with Gasteiger partial charge in [-0.25, -0.2) is 4.39 Å². The fourth-order valence-electron chi connectivity index (χ4n) is 1.34. The molecule has 1 aromatic rings. The Morgan fingerprint density at radius 3 is 2.75 bits per heavy atom. The molecule has 1 aromatic carbocycles. The van der Waals surface area contributed by atoms with Crippen molar-refractivity contribution in [3.63, 3.8) is 0 Å². The second-order valence-corrected chi connectivity index (χ2v) is 4.76. The summed E-state index contributed by atoms with van der Waals surface area (Å²) in [6.07, 6.45) is 0. The molecule has 0 N–H and O–H groups in total. The van der Waals surface area contributed by atoms with Crippen LogP contribution in [-0.4, -0.2) is 29.2 Å². The Morgan fingerprint density at radius 2 is 2.19 bits per heavy atom. The van der Waals surface area contributed by atoms with Gasteiger partial charge in [-0.1, -0.05) is 22.0 Å². The van der Waals surface area contributed by atoms with Crippen molar-refractivity contribution in [1.29, 1.82) is 0 Å². The summed E-state index contributed by atoms with van der Waals surface area (Å²) in [4.78, 5) is 13.7. The largest absolute Gasteiger partial charge is 0.338 e. The monoisotopic (exact) mass is 351 g/mol. The lowest BCUT2D eigenvalue weighted by Crippen LogP contribution is -2.32. The molecule has 5 heteroatoms. The van der Waals surface area contributed by atoms with E-state index in [1.54, 1.807) is 11.0 Å². The van der Waals surface area contributed by atoms with E-state index in [0.717, 1.165) is 0 Å². The average Bonchev–Trinajstić information content (AvgIpc) is 2.29. The van der Waals surface area contributed by atoms with Gasteiger partial charge in [-0.15, -0.1) is 0 Å². The van der Waals surface area contributed by atoms with Crippen LogP contribution in [0.1, 0.15) is 17.3 Å². The SMILES string of the molecule is CCN(CCBr)C(=O)c1cccc(F)c1Br. The van der Waals surface area contributed by atoms with Crippen molar-refractivity contribution in [2.24, 2.45) is 0 Å². The number of amides is 1. The summed E-state index contributed by atoms with van der Waals surface area (Å²) in [7, 11) is 0. The van der Waals surface area contributed by atoms with E-state index in [1.165, 1.54) is 12.1 Å². The zero-order valence-corrected chi connectivity index (χ0v) is 12.0. The number of alkyl halides is 1. The molecular formula is C11H12Br2FNO. The van der Waals surface area contributed by atoms with Gasteiger partial charge in [0.2, 0.25) is 0 Å². The van der Waals surface area contributed by atoms with Crippen molar-refractivity contribution in [2.75, 3.05) is 18.4 Å². The zero-order valence-electron chi connectivity index (χ0n) is 8.84. The smallest absolute Gasteiger partial charge is 0.255 e. The molecule has 0 bridgehead atoms. The molecule has 16 heavy (non-hydrogen) atoms. The molecule has 0 saturated carbocycles. The maximum atomic E-state index is 13.3. The van der Waals surface area contributed by atoms with E-state index in [1.807, 2.05) is 6.92 Å². The molecule has 0 saturated heterocycles.